The Labute approximate surface area is 551 Å². The smallest absolute Gasteiger partial charge is 0.187 e. The average Bonchev–Trinajstić information content (AvgIpc) is 1.56. The minimum absolute atomic E-state index is 0.487. The van der Waals surface area contributed by atoms with Crippen LogP contribution in [-0.4, -0.2) is 83.9 Å². The van der Waals surface area contributed by atoms with Crippen LogP contribution in [0.15, 0.2) is 194 Å². The van der Waals surface area contributed by atoms with E-state index in [2.05, 4.69) is 143 Å². The van der Waals surface area contributed by atoms with E-state index in [0.29, 0.717) is 93.1 Å². The van der Waals surface area contributed by atoms with Crippen molar-refractivity contribution < 1.29 is 0 Å². The molecule has 0 saturated carbocycles. The molecule has 9 aromatic carbocycles. The number of hydrogen-bond acceptors (Lipinski definition) is 15. The number of aryl methyl sites for hydroxylation is 8. The van der Waals surface area contributed by atoms with Crippen LogP contribution in [0.3, 0.4) is 0 Å². The summed E-state index contributed by atoms with van der Waals surface area (Å²) in [4.78, 5) is 76.5. The van der Waals surface area contributed by atoms with Crippen LogP contribution in [0.1, 0.15) is 46.6 Å². The predicted octanol–water partition coefficient (Wildman–Crippen LogP) is 16.8. The molecule has 0 amide bonds. The molecule has 0 N–H and O–H groups in total. The zero-order valence-electron chi connectivity index (χ0n) is 53.5. The Bertz CT molecular complexity index is 5540. The van der Waals surface area contributed by atoms with E-state index in [1.807, 2.05) is 140 Å². The van der Waals surface area contributed by atoms with E-state index in [1.54, 1.807) is 0 Å². The fourth-order valence-electron chi connectivity index (χ4n) is 13.0. The van der Waals surface area contributed by atoms with Crippen molar-refractivity contribution in [3.63, 3.8) is 0 Å². The highest BCUT2D eigenvalue weighted by Gasteiger charge is 2.26. The molecular formula is C78H56N18. The lowest BCUT2D eigenvalue weighted by Crippen LogP contribution is -2.04. The molecule has 458 valence electrons. The van der Waals surface area contributed by atoms with Crippen LogP contribution in [0.5, 0.6) is 0 Å². The first kappa shape index (κ1) is 58.2. The Balaban J connectivity index is 1.02. The molecule has 0 radical (unpaired) electrons. The summed E-state index contributed by atoms with van der Waals surface area (Å²) in [5.41, 5.74) is 15.3. The van der Waals surface area contributed by atoms with Gasteiger partial charge in [-0.25, -0.2) is 79.6 Å². The average molecular weight is 1250 g/mol. The lowest BCUT2D eigenvalue weighted by atomic mass is 9.94. The van der Waals surface area contributed by atoms with E-state index in [4.69, 9.17) is 61.4 Å². The number of rotatable bonds is 11. The zero-order valence-corrected chi connectivity index (χ0v) is 53.5. The predicted molar refractivity (Wildman–Crippen MR) is 375 cm³/mol. The van der Waals surface area contributed by atoms with Crippen molar-refractivity contribution in [3.8, 4) is 113 Å². The van der Waals surface area contributed by atoms with Crippen LogP contribution in [0.4, 0.5) is 5.69 Å². The largest absolute Gasteiger partial charge is 0.309 e. The Morgan fingerprint density at radius 3 is 0.906 bits per heavy atom. The summed E-state index contributed by atoms with van der Waals surface area (Å²) in [5.74, 6) is 8.87. The Morgan fingerprint density at radius 1 is 0.240 bits per heavy atom. The molecule has 96 heavy (non-hydrogen) atoms. The van der Waals surface area contributed by atoms with E-state index in [0.717, 1.165) is 116 Å². The number of hydrogen-bond donors (Lipinski definition) is 0. The molecule has 16 aromatic rings. The highest BCUT2D eigenvalue weighted by Crippen LogP contribution is 2.46. The van der Waals surface area contributed by atoms with Crippen LogP contribution in [-0.2, 0) is 0 Å². The van der Waals surface area contributed by atoms with Gasteiger partial charge < -0.3 is 9.13 Å². The van der Waals surface area contributed by atoms with E-state index >= 15 is 0 Å². The van der Waals surface area contributed by atoms with Crippen LogP contribution < -0.4 is 0 Å². The fourth-order valence-corrected chi connectivity index (χ4v) is 13.0. The molecule has 18 heteroatoms. The van der Waals surface area contributed by atoms with E-state index in [9.17, 15) is 0 Å². The van der Waals surface area contributed by atoms with Crippen LogP contribution in [0.2, 0.25) is 0 Å². The van der Waals surface area contributed by atoms with Crippen molar-refractivity contribution in [2.75, 3.05) is 0 Å². The molecule has 0 unspecified atom stereocenters. The summed E-state index contributed by atoms with van der Waals surface area (Å²) in [7, 11) is 0. The van der Waals surface area contributed by atoms with Crippen LogP contribution >= 0.6 is 0 Å². The van der Waals surface area contributed by atoms with Crippen molar-refractivity contribution >= 4 is 49.3 Å². The highest BCUT2D eigenvalue weighted by atomic mass is 15.1. The molecule has 7 heterocycles. The minimum Gasteiger partial charge on any atom is -0.309 e. The zero-order chi connectivity index (χ0) is 65.5. The lowest BCUT2D eigenvalue weighted by Gasteiger charge is -2.21. The standard InChI is InChI=1S/C78H56N18/c1-42-80-43(2)85-74(84-42)54-23-32-67-62(37-54)63-38-55(75-86-44(3)81-45(4)87-75)24-33-68(63)95(67)66-31-27-58(78-93-72(51-16-12-10-13-17-51)92-73(94-78)52-18-14-11-15-19-52)36-61(66)60-30-22-53(50-20-28-59(79-9)29-21-50)41-71(60)96-69-34-25-56(76-88-46(5)82-47(6)89-76)39-64(69)65-40-57(26-35-70(65)96)77-90-48(7)83-49(8)91-77/h10-41H,1-8H3. The molecule has 7 aromatic heterocycles. The first-order valence-electron chi connectivity index (χ1n) is 31.3. The fraction of sp³-hybridized carbons (Fsp3) is 0.103. The maximum absolute atomic E-state index is 7.88. The van der Waals surface area contributed by atoms with Gasteiger partial charge in [0.25, 0.3) is 0 Å². The molecule has 0 atom stereocenters. The maximum atomic E-state index is 7.88. The Hall–Kier alpha value is -12.9. The van der Waals surface area contributed by atoms with E-state index < -0.39 is 0 Å². The number of aromatic nitrogens is 17. The number of fused-ring (bicyclic) bond motifs is 6. The summed E-state index contributed by atoms with van der Waals surface area (Å²) in [6.07, 6.45) is 0. The quantitative estimate of drug-likeness (QED) is 0.110. The highest BCUT2D eigenvalue weighted by molar-refractivity contribution is 6.14. The molecule has 0 bridgehead atoms. The summed E-state index contributed by atoms with van der Waals surface area (Å²) < 4.78 is 4.69. The van der Waals surface area contributed by atoms with E-state index in [-0.39, 0.29) is 0 Å². The van der Waals surface area contributed by atoms with Gasteiger partial charge in [-0.15, -0.1) is 0 Å². The molecule has 16 rings (SSSR count). The number of nitrogens with zero attached hydrogens (tertiary/aromatic N) is 18. The van der Waals surface area contributed by atoms with Crippen molar-refractivity contribution in [2.45, 2.75) is 55.4 Å². The second-order valence-electron chi connectivity index (χ2n) is 23.8. The molecule has 0 aliphatic rings. The third kappa shape index (κ3) is 10.7. The topological polar surface area (TPSA) is 208 Å². The first-order chi connectivity index (χ1) is 46.7. The summed E-state index contributed by atoms with van der Waals surface area (Å²) >= 11 is 0. The monoisotopic (exact) mass is 1240 g/mol. The van der Waals surface area contributed by atoms with Gasteiger partial charge >= 0.3 is 0 Å². The molecule has 0 spiro atoms. The second kappa shape index (κ2) is 23.4. The van der Waals surface area contributed by atoms with Gasteiger partial charge in [0.15, 0.2) is 46.5 Å². The second-order valence-corrected chi connectivity index (χ2v) is 23.8. The van der Waals surface area contributed by atoms with Crippen molar-refractivity contribution in [1.29, 1.82) is 0 Å². The van der Waals surface area contributed by atoms with Gasteiger partial charge in [-0.1, -0.05) is 97.1 Å². The summed E-state index contributed by atoms with van der Waals surface area (Å²) in [5, 5.41) is 3.80. The Morgan fingerprint density at radius 2 is 0.542 bits per heavy atom. The minimum atomic E-state index is 0.487. The van der Waals surface area contributed by atoms with Crippen LogP contribution in [0, 0.1) is 62.0 Å². The van der Waals surface area contributed by atoms with E-state index in [1.165, 1.54) is 0 Å². The third-order valence-corrected chi connectivity index (χ3v) is 17.1. The van der Waals surface area contributed by atoms with Gasteiger partial charge in [-0.2, -0.15) is 0 Å². The Kier molecular flexibility index (Phi) is 14.2. The van der Waals surface area contributed by atoms with Crippen LogP contribution in [0.25, 0.3) is 162 Å². The van der Waals surface area contributed by atoms with Gasteiger partial charge in [-0.3, -0.25) is 0 Å². The molecule has 18 nitrogen and oxygen atoms in total. The van der Waals surface area contributed by atoms with Gasteiger partial charge in [-0.05, 0) is 164 Å². The first-order valence-corrected chi connectivity index (χ1v) is 31.3. The van der Waals surface area contributed by atoms with Gasteiger partial charge in [0.2, 0.25) is 0 Å². The summed E-state index contributed by atoms with van der Waals surface area (Å²) in [6.45, 7) is 23.0. The lowest BCUT2D eigenvalue weighted by molar-refractivity contribution is 0.928. The van der Waals surface area contributed by atoms with Crippen molar-refractivity contribution in [2.24, 2.45) is 0 Å². The summed E-state index contributed by atoms with van der Waals surface area (Å²) in [6, 6.07) is 66.5. The SMILES string of the molecule is [C-]#[N+]c1ccc(-c2ccc(-c3cc(-c4nc(-c5ccccc5)nc(-c5ccccc5)n4)ccc3-n3c4ccc(-c5nc(C)nc(C)n5)cc4c4cc(-c5nc(C)nc(C)n5)ccc43)c(-n3c4ccc(-c5nc(C)nc(C)n5)cc4c4cc(-c5nc(C)nc(C)n5)ccc43)c2)cc1. The molecular weight excluding hydrogens is 1190 g/mol. The number of benzene rings is 9. The molecule has 0 aliphatic carbocycles. The van der Waals surface area contributed by atoms with Gasteiger partial charge in [0.05, 0.1) is 40.0 Å². The van der Waals surface area contributed by atoms with Gasteiger partial charge in [0.1, 0.15) is 46.6 Å². The third-order valence-electron chi connectivity index (χ3n) is 17.1. The molecule has 0 fully saturated rings. The normalized spacial score (nSPS) is 11.5. The van der Waals surface area contributed by atoms with Crippen molar-refractivity contribution in [3.05, 3.63) is 252 Å². The molecule has 0 saturated heterocycles. The molecule has 0 aliphatic heterocycles. The maximum Gasteiger partial charge on any atom is 0.187 e. The van der Waals surface area contributed by atoms with Gasteiger partial charge in [0, 0.05) is 71.6 Å². The van der Waals surface area contributed by atoms with Crippen molar-refractivity contribution in [1.82, 2.24) is 83.9 Å².